The molecule has 1 aliphatic heterocycles. The van der Waals surface area contributed by atoms with Crippen molar-refractivity contribution in [3.63, 3.8) is 0 Å². The molecule has 4 nitrogen and oxygen atoms in total. The molecule has 1 aliphatic rings. The van der Waals surface area contributed by atoms with E-state index < -0.39 is 0 Å². The summed E-state index contributed by atoms with van der Waals surface area (Å²) in [5.41, 5.74) is 0. The summed E-state index contributed by atoms with van der Waals surface area (Å²) in [6, 6.07) is 0.297. The van der Waals surface area contributed by atoms with Crippen LogP contribution in [0.2, 0.25) is 0 Å². The second kappa shape index (κ2) is 3.00. The minimum atomic E-state index is 0.297. The van der Waals surface area contributed by atoms with Gasteiger partial charge in [-0.25, -0.2) is 0 Å². The Morgan fingerprint density at radius 2 is 2.55 bits per heavy atom. The van der Waals surface area contributed by atoms with Crippen molar-refractivity contribution >= 4 is 0 Å². The summed E-state index contributed by atoms with van der Waals surface area (Å²) in [5.74, 6) is 0.727. The van der Waals surface area contributed by atoms with Gasteiger partial charge in [0.15, 0.2) is 0 Å². The van der Waals surface area contributed by atoms with Crippen molar-refractivity contribution < 1.29 is 4.42 Å². The quantitative estimate of drug-likeness (QED) is 0.650. The molecule has 0 amide bonds. The first-order valence-electron chi connectivity index (χ1n) is 3.96. The summed E-state index contributed by atoms with van der Waals surface area (Å²) in [5, 5.41) is 10.8. The Labute approximate surface area is 65.0 Å². The van der Waals surface area contributed by atoms with Crippen molar-refractivity contribution in [3.05, 3.63) is 12.3 Å². The van der Waals surface area contributed by atoms with E-state index in [1.807, 2.05) is 0 Å². The van der Waals surface area contributed by atoms with Gasteiger partial charge in [-0.05, 0) is 19.4 Å². The number of hydrogen-bond donors (Lipinski definition) is 1. The molecule has 0 bridgehead atoms. The van der Waals surface area contributed by atoms with Gasteiger partial charge in [-0.1, -0.05) is 6.42 Å². The van der Waals surface area contributed by atoms with Gasteiger partial charge in [0.2, 0.25) is 12.3 Å². The number of aromatic nitrogens is 2. The first kappa shape index (κ1) is 6.79. The Bertz CT molecular complexity index is 203. The normalized spacial score (nSPS) is 25.3. The van der Waals surface area contributed by atoms with E-state index in [1.54, 1.807) is 0 Å². The molecule has 1 aromatic rings. The number of nitrogens with one attached hydrogen (secondary N) is 1. The zero-order chi connectivity index (χ0) is 7.52. The van der Waals surface area contributed by atoms with Crippen LogP contribution in [0.15, 0.2) is 10.8 Å². The van der Waals surface area contributed by atoms with Gasteiger partial charge in [0, 0.05) is 0 Å². The molecule has 1 fully saturated rings. The van der Waals surface area contributed by atoms with Crippen LogP contribution < -0.4 is 5.32 Å². The van der Waals surface area contributed by atoms with E-state index in [2.05, 4.69) is 15.5 Å². The number of hydrogen-bond acceptors (Lipinski definition) is 4. The fourth-order valence-electron chi connectivity index (χ4n) is 1.40. The lowest BCUT2D eigenvalue weighted by Gasteiger charge is -2.19. The molecule has 60 valence electrons. The minimum absolute atomic E-state index is 0.297. The molecule has 0 spiro atoms. The SMILES string of the molecule is c1nnc(C2CCCCN2)o1. The molecule has 11 heavy (non-hydrogen) atoms. The Hall–Kier alpha value is -0.900. The maximum absolute atomic E-state index is 5.09. The van der Waals surface area contributed by atoms with E-state index in [9.17, 15) is 0 Å². The van der Waals surface area contributed by atoms with Crippen LogP contribution >= 0.6 is 0 Å². The van der Waals surface area contributed by atoms with E-state index in [0.717, 1.165) is 18.9 Å². The highest BCUT2D eigenvalue weighted by Gasteiger charge is 2.18. The van der Waals surface area contributed by atoms with Crippen molar-refractivity contribution in [2.75, 3.05) is 6.54 Å². The van der Waals surface area contributed by atoms with Crippen molar-refractivity contribution in [1.29, 1.82) is 0 Å². The molecule has 0 aromatic carbocycles. The van der Waals surface area contributed by atoms with Crippen LogP contribution in [-0.2, 0) is 0 Å². The van der Waals surface area contributed by atoms with E-state index in [1.165, 1.54) is 19.2 Å². The topological polar surface area (TPSA) is 51.0 Å². The Kier molecular flexibility index (Phi) is 1.85. The summed E-state index contributed by atoms with van der Waals surface area (Å²) < 4.78 is 5.09. The standard InChI is InChI=1S/C7H11N3O/c1-2-4-8-6(3-1)7-10-9-5-11-7/h5-6,8H,1-4H2. The molecular weight excluding hydrogens is 142 g/mol. The molecule has 4 heteroatoms. The Balaban J connectivity index is 2.04. The van der Waals surface area contributed by atoms with Crippen LogP contribution in [0.1, 0.15) is 31.2 Å². The van der Waals surface area contributed by atoms with Gasteiger partial charge < -0.3 is 9.73 Å². The maximum atomic E-state index is 5.09. The van der Waals surface area contributed by atoms with Crippen LogP contribution in [0.4, 0.5) is 0 Å². The zero-order valence-corrected chi connectivity index (χ0v) is 6.29. The van der Waals surface area contributed by atoms with Crippen LogP contribution in [0.25, 0.3) is 0 Å². The van der Waals surface area contributed by atoms with Crippen LogP contribution in [-0.4, -0.2) is 16.7 Å². The molecule has 1 saturated heterocycles. The largest absolute Gasteiger partial charge is 0.426 e. The number of piperidine rings is 1. The third kappa shape index (κ3) is 1.40. The van der Waals surface area contributed by atoms with Gasteiger partial charge in [0.25, 0.3) is 0 Å². The van der Waals surface area contributed by atoms with Gasteiger partial charge in [-0.15, -0.1) is 10.2 Å². The highest BCUT2D eigenvalue weighted by Crippen LogP contribution is 2.19. The highest BCUT2D eigenvalue weighted by molar-refractivity contribution is 4.88. The van der Waals surface area contributed by atoms with Gasteiger partial charge in [0.1, 0.15) is 0 Å². The van der Waals surface area contributed by atoms with Crippen molar-refractivity contribution in [3.8, 4) is 0 Å². The summed E-state index contributed by atoms with van der Waals surface area (Å²) in [7, 11) is 0. The monoisotopic (exact) mass is 153 g/mol. The molecule has 1 atom stereocenters. The maximum Gasteiger partial charge on any atom is 0.233 e. The molecule has 0 radical (unpaired) electrons. The average Bonchev–Trinajstić information content (AvgIpc) is 2.58. The molecule has 1 unspecified atom stereocenters. The lowest BCUT2D eigenvalue weighted by Crippen LogP contribution is -2.26. The van der Waals surface area contributed by atoms with E-state index in [-0.39, 0.29) is 0 Å². The molecule has 0 aliphatic carbocycles. The molecule has 1 N–H and O–H groups in total. The molecule has 0 saturated carbocycles. The fraction of sp³-hybridized carbons (Fsp3) is 0.714. The fourth-order valence-corrected chi connectivity index (χ4v) is 1.40. The predicted octanol–water partition coefficient (Wildman–Crippen LogP) is 0.884. The second-order valence-electron chi connectivity index (χ2n) is 2.78. The molecule has 2 heterocycles. The van der Waals surface area contributed by atoms with Gasteiger partial charge in [-0.3, -0.25) is 0 Å². The molecule has 2 rings (SSSR count). The number of nitrogens with zero attached hydrogens (tertiary/aromatic N) is 2. The lowest BCUT2D eigenvalue weighted by molar-refractivity contribution is 0.338. The minimum Gasteiger partial charge on any atom is -0.426 e. The third-order valence-electron chi connectivity index (χ3n) is 1.99. The van der Waals surface area contributed by atoms with E-state index >= 15 is 0 Å². The van der Waals surface area contributed by atoms with E-state index in [4.69, 9.17) is 4.42 Å². The van der Waals surface area contributed by atoms with Crippen molar-refractivity contribution in [2.45, 2.75) is 25.3 Å². The average molecular weight is 153 g/mol. The smallest absolute Gasteiger partial charge is 0.233 e. The van der Waals surface area contributed by atoms with Crippen molar-refractivity contribution in [1.82, 2.24) is 15.5 Å². The Morgan fingerprint density at radius 1 is 1.55 bits per heavy atom. The summed E-state index contributed by atoms with van der Waals surface area (Å²) >= 11 is 0. The van der Waals surface area contributed by atoms with Crippen molar-refractivity contribution in [2.24, 2.45) is 0 Å². The van der Waals surface area contributed by atoms with Crippen LogP contribution in [0.3, 0.4) is 0 Å². The summed E-state index contributed by atoms with van der Waals surface area (Å²) in [6.07, 6.45) is 5.00. The summed E-state index contributed by atoms with van der Waals surface area (Å²) in [6.45, 7) is 1.06. The zero-order valence-electron chi connectivity index (χ0n) is 6.29. The van der Waals surface area contributed by atoms with Crippen LogP contribution in [0, 0.1) is 0 Å². The lowest BCUT2D eigenvalue weighted by atomic mass is 10.1. The predicted molar refractivity (Wildman–Crippen MR) is 38.9 cm³/mol. The highest BCUT2D eigenvalue weighted by atomic mass is 16.4. The third-order valence-corrected chi connectivity index (χ3v) is 1.99. The molecule has 1 aromatic heterocycles. The molecular formula is C7H11N3O. The Morgan fingerprint density at radius 3 is 3.18 bits per heavy atom. The summed E-state index contributed by atoms with van der Waals surface area (Å²) in [4.78, 5) is 0. The van der Waals surface area contributed by atoms with Gasteiger partial charge in [-0.2, -0.15) is 0 Å². The van der Waals surface area contributed by atoms with Gasteiger partial charge in [0.05, 0.1) is 6.04 Å². The van der Waals surface area contributed by atoms with Gasteiger partial charge >= 0.3 is 0 Å². The van der Waals surface area contributed by atoms with E-state index in [0.29, 0.717) is 6.04 Å². The second-order valence-corrected chi connectivity index (χ2v) is 2.78. The number of rotatable bonds is 1. The first-order valence-corrected chi connectivity index (χ1v) is 3.96. The first-order chi connectivity index (χ1) is 5.47. The van der Waals surface area contributed by atoms with Crippen LogP contribution in [0.5, 0.6) is 0 Å².